The number of aromatic nitrogens is 2. The third kappa shape index (κ3) is 5.75. The summed E-state index contributed by atoms with van der Waals surface area (Å²) in [7, 11) is 4.16. The van der Waals surface area contributed by atoms with E-state index in [1.807, 2.05) is 0 Å². The van der Waals surface area contributed by atoms with Gasteiger partial charge in [0, 0.05) is 37.4 Å². The maximum Gasteiger partial charge on any atom is 0.225 e. The topological polar surface area (TPSA) is 65.1 Å². The van der Waals surface area contributed by atoms with Gasteiger partial charge >= 0.3 is 0 Å². The molecule has 0 aliphatic heterocycles. The van der Waals surface area contributed by atoms with E-state index in [1.54, 1.807) is 0 Å². The second kappa shape index (κ2) is 10.2. The van der Waals surface area contributed by atoms with Gasteiger partial charge in [-0.3, -0.25) is 0 Å². The van der Waals surface area contributed by atoms with Gasteiger partial charge in [-0.1, -0.05) is 17.7 Å². The van der Waals surface area contributed by atoms with Gasteiger partial charge < -0.3 is 20.9 Å². The maximum absolute atomic E-state index is 5.64. The van der Waals surface area contributed by atoms with Crippen molar-refractivity contribution in [3.05, 3.63) is 40.1 Å². The van der Waals surface area contributed by atoms with Crippen LogP contribution in [0.5, 0.6) is 0 Å². The van der Waals surface area contributed by atoms with Crippen molar-refractivity contribution in [3.63, 3.8) is 0 Å². The molecular weight excluding hydrogens is 428 g/mol. The molecule has 2 aliphatic rings. The van der Waals surface area contributed by atoms with Gasteiger partial charge in [-0.25, -0.2) is 4.98 Å². The van der Waals surface area contributed by atoms with Crippen LogP contribution in [0.15, 0.2) is 12.1 Å². The van der Waals surface area contributed by atoms with E-state index >= 15 is 0 Å². The summed E-state index contributed by atoms with van der Waals surface area (Å²) < 4.78 is 0. The van der Waals surface area contributed by atoms with Crippen molar-refractivity contribution in [2.75, 3.05) is 29.6 Å². The highest BCUT2D eigenvalue weighted by molar-refractivity contribution is 7.80. The third-order valence-corrected chi connectivity index (χ3v) is 7.12. The molecule has 7 heteroatoms. The number of aryl methyl sites for hydroxylation is 4. The number of rotatable bonds is 5. The third-order valence-electron chi connectivity index (χ3n) is 6.90. The predicted molar refractivity (Wildman–Crippen MR) is 143 cm³/mol. The van der Waals surface area contributed by atoms with Gasteiger partial charge in [0.15, 0.2) is 5.11 Å². The van der Waals surface area contributed by atoms with E-state index in [0.29, 0.717) is 12.1 Å². The lowest BCUT2D eigenvalue weighted by Crippen LogP contribution is -2.42. The van der Waals surface area contributed by atoms with Crippen LogP contribution in [0.1, 0.15) is 66.5 Å². The average molecular weight is 467 g/mol. The Bertz CT molecular complexity index is 987. The Kier molecular flexibility index (Phi) is 7.37. The first-order chi connectivity index (χ1) is 15.8. The molecule has 1 aromatic heterocycles. The SMILES string of the molecule is Cc1cc(C)c(NC(=S)N[C@H]2CC[C@@H](Nc3nc4c(c(N(C)C)n3)CCCC4)CC2)c(C)c1. The number of anilines is 3. The van der Waals surface area contributed by atoms with E-state index in [2.05, 4.69) is 67.8 Å². The number of hydrogen-bond donors (Lipinski definition) is 3. The van der Waals surface area contributed by atoms with E-state index < -0.39 is 0 Å². The zero-order valence-corrected chi connectivity index (χ0v) is 21.5. The van der Waals surface area contributed by atoms with Crippen LogP contribution < -0.4 is 20.9 Å². The second-order valence-electron chi connectivity index (χ2n) is 9.96. The Morgan fingerprint density at radius 3 is 2.24 bits per heavy atom. The summed E-state index contributed by atoms with van der Waals surface area (Å²) in [5.41, 5.74) is 7.43. The molecule has 0 unspecified atom stereocenters. The molecule has 0 amide bonds. The Hall–Kier alpha value is -2.41. The van der Waals surface area contributed by atoms with Gasteiger partial charge in [-0.2, -0.15) is 4.98 Å². The molecule has 0 atom stereocenters. The van der Waals surface area contributed by atoms with Crippen LogP contribution in [0, 0.1) is 20.8 Å². The van der Waals surface area contributed by atoms with Gasteiger partial charge in [0.25, 0.3) is 0 Å². The molecule has 178 valence electrons. The monoisotopic (exact) mass is 466 g/mol. The maximum atomic E-state index is 5.64. The highest BCUT2D eigenvalue weighted by atomic mass is 32.1. The average Bonchev–Trinajstić information content (AvgIpc) is 2.77. The molecule has 1 heterocycles. The number of nitrogens with one attached hydrogen (secondary N) is 3. The van der Waals surface area contributed by atoms with E-state index in [9.17, 15) is 0 Å². The Morgan fingerprint density at radius 1 is 0.939 bits per heavy atom. The second-order valence-corrected chi connectivity index (χ2v) is 10.4. The minimum atomic E-state index is 0.399. The normalized spacial score (nSPS) is 20.0. The van der Waals surface area contributed by atoms with Crippen molar-refractivity contribution in [2.24, 2.45) is 0 Å². The summed E-state index contributed by atoms with van der Waals surface area (Å²) in [6.45, 7) is 6.39. The standard InChI is InChI=1S/C26H38N6S/c1-16-14-17(2)23(18(3)15-16)30-26(33)28-20-12-10-19(11-13-20)27-25-29-22-9-7-6-8-21(22)24(31-25)32(4)5/h14-15,19-20H,6-13H2,1-5H3,(H,27,29,31)(H2,28,30,33)/t19-,20+. The molecule has 2 aliphatic carbocycles. The zero-order chi connectivity index (χ0) is 23.5. The van der Waals surface area contributed by atoms with Crippen LogP contribution in [0.4, 0.5) is 17.5 Å². The van der Waals surface area contributed by atoms with Gasteiger partial charge in [0.1, 0.15) is 5.82 Å². The number of fused-ring (bicyclic) bond motifs is 1. The summed E-state index contributed by atoms with van der Waals surface area (Å²) >= 11 is 5.64. The fraction of sp³-hybridized carbons (Fsp3) is 0.577. The molecule has 1 fully saturated rings. The molecule has 2 aromatic rings. The lowest BCUT2D eigenvalue weighted by atomic mass is 9.91. The quantitative estimate of drug-likeness (QED) is 0.533. The summed E-state index contributed by atoms with van der Waals surface area (Å²) in [5.74, 6) is 1.87. The number of hydrogen-bond acceptors (Lipinski definition) is 5. The lowest BCUT2D eigenvalue weighted by Gasteiger charge is -2.31. The first-order valence-electron chi connectivity index (χ1n) is 12.3. The first kappa shape index (κ1) is 23.7. The van der Waals surface area contributed by atoms with Crippen molar-refractivity contribution in [1.29, 1.82) is 0 Å². The summed E-state index contributed by atoms with van der Waals surface area (Å²) in [4.78, 5) is 11.9. The van der Waals surface area contributed by atoms with Gasteiger partial charge in [0.2, 0.25) is 5.95 Å². The van der Waals surface area contributed by atoms with Crippen LogP contribution >= 0.6 is 12.2 Å². The largest absolute Gasteiger partial charge is 0.362 e. The van der Waals surface area contributed by atoms with E-state index in [-0.39, 0.29) is 0 Å². The van der Waals surface area contributed by atoms with E-state index in [0.717, 1.165) is 61.1 Å². The van der Waals surface area contributed by atoms with Crippen molar-refractivity contribution in [2.45, 2.75) is 84.2 Å². The summed E-state index contributed by atoms with van der Waals surface area (Å²) in [6, 6.07) is 5.19. The first-order valence-corrected chi connectivity index (χ1v) is 12.7. The highest BCUT2D eigenvalue weighted by Crippen LogP contribution is 2.29. The molecule has 3 N–H and O–H groups in total. The molecule has 0 radical (unpaired) electrons. The molecule has 0 spiro atoms. The van der Waals surface area contributed by atoms with Crippen molar-refractivity contribution >= 4 is 34.8 Å². The molecule has 0 saturated heterocycles. The Morgan fingerprint density at radius 2 is 1.58 bits per heavy atom. The molecule has 0 bridgehead atoms. The molecule has 4 rings (SSSR count). The van der Waals surface area contributed by atoms with E-state index in [4.69, 9.17) is 22.2 Å². The fourth-order valence-corrected chi connectivity index (χ4v) is 5.55. The minimum absolute atomic E-state index is 0.399. The van der Waals surface area contributed by atoms with Gasteiger partial charge in [0.05, 0.1) is 5.69 Å². The zero-order valence-electron chi connectivity index (χ0n) is 20.7. The molecule has 1 aromatic carbocycles. The number of thiocarbonyl (C=S) groups is 1. The molecular formula is C26H38N6S. The summed E-state index contributed by atoms with van der Waals surface area (Å²) in [5, 5.41) is 11.3. The van der Waals surface area contributed by atoms with E-state index in [1.165, 1.54) is 40.8 Å². The molecule has 33 heavy (non-hydrogen) atoms. The smallest absolute Gasteiger partial charge is 0.225 e. The molecule has 6 nitrogen and oxygen atoms in total. The number of nitrogens with zero attached hydrogens (tertiary/aromatic N) is 3. The number of benzene rings is 1. The lowest BCUT2D eigenvalue weighted by molar-refractivity contribution is 0.387. The molecule has 1 saturated carbocycles. The van der Waals surface area contributed by atoms with Crippen LogP contribution in [-0.2, 0) is 12.8 Å². The fourth-order valence-electron chi connectivity index (χ4n) is 5.29. The van der Waals surface area contributed by atoms with Crippen LogP contribution in [0.3, 0.4) is 0 Å². The minimum Gasteiger partial charge on any atom is -0.362 e. The van der Waals surface area contributed by atoms with Crippen molar-refractivity contribution in [1.82, 2.24) is 15.3 Å². The summed E-state index contributed by atoms with van der Waals surface area (Å²) in [6.07, 6.45) is 8.95. The highest BCUT2D eigenvalue weighted by Gasteiger charge is 2.24. The Labute approximate surface area is 204 Å². The van der Waals surface area contributed by atoms with Crippen molar-refractivity contribution < 1.29 is 0 Å². The van der Waals surface area contributed by atoms with Crippen LogP contribution in [-0.4, -0.2) is 41.3 Å². The van der Waals surface area contributed by atoms with Crippen molar-refractivity contribution in [3.8, 4) is 0 Å². The van der Waals surface area contributed by atoms with Crippen LogP contribution in [0.25, 0.3) is 0 Å². The van der Waals surface area contributed by atoms with Gasteiger partial charge in [-0.15, -0.1) is 0 Å². The van der Waals surface area contributed by atoms with Crippen LogP contribution in [0.2, 0.25) is 0 Å². The van der Waals surface area contributed by atoms with Gasteiger partial charge in [-0.05, 0) is 95.5 Å². The Balaban J connectivity index is 1.31. The predicted octanol–water partition coefficient (Wildman–Crippen LogP) is 5.06.